The maximum absolute atomic E-state index is 5.40. The van der Waals surface area contributed by atoms with E-state index in [4.69, 9.17) is 9.47 Å². The molecular weight excluding hydrogens is 240 g/mol. The van der Waals surface area contributed by atoms with Crippen molar-refractivity contribution in [2.45, 2.75) is 18.9 Å². The predicted octanol–water partition coefficient (Wildman–Crippen LogP) is 1.96. The predicted molar refractivity (Wildman–Crippen MR) is 76.9 cm³/mol. The second-order valence-electron chi connectivity index (χ2n) is 5.23. The maximum Gasteiger partial charge on any atom is 0.161 e. The van der Waals surface area contributed by atoms with Crippen molar-refractivity contribution in [3.63, 3.8) is 0 Å². The molecule has 1 unspecified atom stereocenters. The zero-order valence-corrected chi connectivity index (χ0v) is 12.2. The van der Waals surface area contributed by atoms with Gasteiger partial charge in [0.1, 0.15) is 0 Å². The van der Waals surface area contributed by atoms with Gasteiger partial charge in [-0.05, 0) is 44.6 Å². The zero-order valence-electron chi connectivity index (χ0n) is 12.2. The summed E-state index contributed by atoms with van der Waals surface area (Å²) in [5.74, 6) is 1.57. The van der Waals surface area contributed by atoms with E-state index in [-0.39, 0.29) is 0 Å². The molecule has 2 rings (SSSR count). The maximum atomic E-state index is 5.40. The van der Waals surface area contributed by atoms with Crippen LogP contribution in [0.5, 0.6) is 11.5 Å². The molecule has 0 aromatic heterocycles. The SMILES string of the molecule is CNCC1(C(NC)c2ccc(OC)c(OC)c2)CC1. The van der Waals surface area contributed by atoms with Crippen molar-refractivity contribution in [1.82, 2.24) is 10.6 Å². The monoisotopic (exact) mass is 264 g/mol. The molecule has 0 spiro atoms. The second-order valence-corrected chi connectivity index (χ2v) is 5.23. The minimum atomic E-state index is 0.336. The molecule has 0 saturated heterocycles. The first-order valence-electron chi connectivity index (χ1n) is 6.74. The zero-order chi connectivity index (χ0) is 13.9. The molecule has 0 bridgehead atoms. The van der Waals surface area contributed by atoms with E-state index < -0.39 is 0 Å². The third kappa shape index (κ3) is 2.69. The van der Waals surface area contributed by atoms with Crippen LogP contribution in [0.3, 0.4) is 0 Å². The molecule has 1 atom stereocenters. The smallest absolute Gasteiger partial charge is 0.161 e. The number of nitrogens with one attached hydrogen (secondary N) is 2. The lowest BCUT2D eigenvalue weighted by Gasteiger charge is -2.27. The van der Waals surface area contributed by atoms with Gasteiger partial charge in [0.15, 0.2) is 11.5 Å². The van der Waals surface area contributed by atoms with Crippen LogP contribution in [0, 0.1) is 5.41 Å². The molecule has 0 heterocycles. The fraction of sp³-hybridized carbons (Fsp3) is 0.600. The normalized spacial score (nSPS) is 17.9. The van der Waals surface area contributed by atoms with Crippen LogP contribution in [-0.2, 0) is 0 Å². The molecule has 2 N–H and O–H groups in total. The number of benzene rings is 1. The van der Waals surface area contributed by atoms with E-state index in [1.54, 1.807) is 14.2 Å². The van der Waals surface area contributed by atoms with Crippen molar-refractivity contribution in [3.8, 4) is 11.5 Å². The van der Waals surface area contributed by atoms with Gasteiger partial charge in [0.25, 0.3) is 0 Å². The molecule has 1 aliphatic rings. The van der Waals surface area contributed by atoms with Gasteiger partial charge >= 0.3 is 0 Å². The van der Waals surface area contributed by atoms with Gasteiger partial charge in [-0.15, -0.1) is 0 Å². The summed E-state index contributed by atoms with van der Waals surface area (Å²) < 4.78 is 10.7. The highest BCUT2D eigenvalue weighted by Gasteiger charge is 2.48. The number of hydrogen-bond donors (Lipinski definition) is 2. The molecule has 4 heteroatoms. The lowest BCUT2D eigenvalue weighted by atomic mass is 9.89. The Labute approximate surface area is 115 Å². The van der Waals surface area contributed by atoms with Gasteiger partial charge in [-0.2, -0.15) is 0 Å². The van der Waals surface area contributed by atoms with E-state index >= 15 is 0 Å². The first-order chi connectivity index (χ1) is 9.20. The molecule has 1 fully saturated rings. The van der Waals surface area contributed by atoms with Crippen molar-refractivity contribution in [2.24, 2.45) is 5.41 Å². The first-order valence-corrected chi connectivity index (χ1v) is 6.74. The highest BCUT2D eigenvalue weighted by atomic mass is 16.5. The minimum Gasteiger partial charge on any atom is -0.493 e. The summed E-state index contributed by atoms with van der Waals surface area (Å²) in [4.78, 5) is 0. The fourth-order valence-electron chi connectivity index (χ4n) is 2.94. The van der Waals surface area contributed by atoms with Gasteiger partial charge in [-0.3, -0.25) is 0 Å². The molecule has 1 aromatic rings. The molecule has 1 aromatic carbocycles. The largest absolute Gasteiger partial charge is 0.493 e. The number of methoxy groups -OCH3 is 2. The van der Waals surface area contributed by atoms with Gasteiger partial charge < -0.3 is 20.1 Å². The van der Waals surface area contributed by atoms with Gasteiger partial charge in [-0.1, -0.05) is 6.07 Å². The lowest BCUT2D eigenvalue weighted by molar-refractivity contribution is 0.337. The highest BCUT2D eigenvalue weighted by Crippen LogP contribution is 2.54. The Hall–Kier alpha value is -1.26. The molecule has 0 amide bonds. The van der Waals surface area contributed by atoms with Crippen molar-refractivity contribution in [3.05, 3.63) is 23.8 Å². The summed E-state index contributed by atoms with van der Waals surface area (Å²) in [6.07, 6.45) is 2.52. The molecule has 4 nitrogen and oxygen atoms in total. The number of ether oxygens (including phenoxy) is 2. The second kappa shape index (κ2) is 5.80. The van der Waals surface area contributed by atoms with Crippen LogP contribution >= 0.6 is 0 Å². The fourth-order valence-corrected chi connectivity index (χ4v) is 2.94. The Morgan fingerprint density at radius 2 is 1.84 bits per heavy atom. The summed E-state index contributed by atoms with van der Waals surface area (Å²) in [6, 6.07) is 6.53. The van der Waals surface area contributed by atoms with E-state index in [0.29, 0.717) is 11.5 Å². The summed E-state index contributed by atoms with van der Waals surface area (Å²) in [7, 11) is 7.38. The van der Waals surface area contributed by atoms with Crippen molar-refractivity contribution >= 4 is 0 Å². The van der Waals surface area contributed by atoms with E-state index in [1.807, 2.05) is 20.2 Å². The van der Waals surface area contributed by atoms with Crippen LogP contribution in [-0.4, -0.2) is 34.9 Å². The summed E-state index contributed by atoms with van der Waals surface area (Å²) in [6.45, 7) is 1.03. The standard InChI is InChI=1S/C15H24N2O2/c1-16-10-15(7-8-15)14(17-2)11-5-6-12(18-3)13(9-11)19-4/h5-6,9,14,16-17H,7-8,10H2,1-4H3. The average Bonchev–Trinajstić information content (AvgIpc) is 3.20. The molecule has 1 aliphatic carbocycles. The Bertz CT molecular complexity index is 430. The quantitative estimate of drug-likeness (QED) is 0.790. The van der Waals surface area contributed by atoms with Crippen LogP contribution in [0.15, 0.2) is 18.2 Å². The third-order valence-electron chi connectivity index (χ3n) is 4.06. The summed E-state index contributed by atoms with van der Waals surface area (Å²) in [5.41, 5.74) is 1.59. The van der Waals surface area contributed by atoms with Crippen molar-refractivity contribution < 1.29 is 9.47 Å². The van der Waals surface area contributed by atoms with E-state index in [1.165, 1.54) is 18.4 Å². The Morgan fingerprint density at radius 1 is 1.16 bits per heavy atom. The van der Waals surface area contributed by atoms with E-state index in [2.05, 4.69) is 22.8 Å². The minimum absolute atomic E-state index is 0.336. The molecule has 0 radical (unpaired) electrons. The van der Waals surface area contributed by atoms with Gasteiger partial charge in [0.05, 0.1) is 14.2 Å². The molecule has 0 aliphatic heterocycles. The number of rotatable bonds is 7. The van der Waals surface area contributed by atoms with Gasteiger partial charge in [0, 0.05) is 18.0 Å². The van der Waals surface area contributed by atoms with E-state index in [0.717, 1.165) is 18.0 Å². The third-order valence-corrected chi connectivity index (χ3v) is 4.06. The molecule has 19 heavy (non-hydrogen) atoms. The molecule has 1 saturated carbocycles. The first kappa shape index (κ1) is 14.2. The van der Waals surface area contributed by atoms with E-state index in [9.17, 15) is 0 Å². The highest BCUT2D eigenvalue weighted by molar-refractivity contribution is 5.44. The van der Waals surface area contributed by atoms with Crippen LogP contribution < -0.4 is 20.1 Å². The summed E-state index contributed by atoms with van der Waals surface area (Å²) >= 11 is 0. The Balaban J connectivity index is 2.29. The van der Waals surface area contributed by atoms with Crippen LogP contribution in [0.2, 0.25) is 0 Å². The Kier molecular flexibility index (Phi) is 4.32. The number of hydrogen-bond acceptors (Lipinski definition) is 4. The summed E-state index contributed by atoms with van der Waals surface area (Å²) in [5, 5.41) is 6.77. The van der Waals surface area contributed by atoms with Crippen LogP contribution in [0.4, 0.5) is 0 Å². The van der Waals surface area contributed by atoms with Gasteiger partial charge in [0.2, 0.25) is 0 Å². The topological polar surface area (TPSA) is 42.5 Å². The van der Waals surface area contributed by atoms with Crippen molar-refractivity contribution in [1.29, 1.82) is 0 Å². The Morgan fingerprint density at radius 3 is 2.32 bits per heavy atom. The molecule has 106 valence electrons. The van der Waals surface area contributed by atoms with Gasteiger partial charge in [-0.25, -0.2) is 0 Å². The lowest BCUT2D eigenvalue weighted by Crippen LogP contribution is -2.33. The molecular formula is C15H24N2O2. The van der Waals surface area contributed by atoms with Crippen molar-refractivity contribution in [2.75, 3.05) is 34.9 Å². The van der Waals surface area contributed by atoms with Crippen LogP contribution in [0.1, 0.15) is 24.4 Å². The average molecular weight is 264 g/mol. The van der Waals surface area contributed by atoms with Crippen LogP contribution in [0.25, 0.3) is 0 Å².